The zero-order chi connectivity index (χ0) is 19.9. The van der Waals surface area contributed by atoms with Gasteiger partial charge >= 0.3 is 0 Å². The van der Waals surface area contributed by atoms with Crippen LogP contribution in [0.2, 0.25) is 10.0 Å². The normalized spacial score (nSPS) is 16.1. The second kappa shape index (κ2) is 11.9. The molecule has 0 radical (unpaired) electrons. The number of guanidine groups is 1. The summed E-state index contributed by atoms with van der Waals surface area (Å²) in [6.45, 7) is 4.63. The highest BCUT2D eigenvalue weighted by atomic mass is 127. The molecule has 0 saturated carbocycles. The summed E-state index contributed by atoms with van der Waals surface area (Å²) in [7, 11) is 1.65. The topological polar surface area (TPSA) is 76.4 Å². The number of hydrogen-bond donors (Lipinski definition) is 2. The summed E-state index contributed by atoms with van der Waals surface area (Å²) < 4.78 is 7.09. The van der Waals surface area contributed by atoms with Crippen LogP contribution in [0.5, 0.6) is 0 Å². The van der Waals surface area contributed by atoms with E-state index in [2.05, 4.69) is 32.6 Å². The Hall–Kier alpha value is -1.10. The summed E-state index contributed by atoms with van der Waals surface area (Å²) in [5, 5.41) is 12.7. The van der Waals surface area contributed by atoms with Gasteiger partial charge in [-0.15, -0.1) is 24.0 Å². The van der Waals surface area contributed by atoms with Gasteiger partial charge in [0.05, 0.1) is 6.54 Å². The van der Waals surface area contributed by atoms with Crippen LogP contribution in [0, 0.1) is 0 Å². The van der Waals surface area contributed by atoms with Gasteiger partial charge in [0.2, 0.25) is 0 Å². The number of ether oxygens (including phenoxy) is 1. The molecule has 29 heavy (non-hydrogen) atoms. The minimum absolute atomic E-state index is 0. The number of hydrogen-bond acceptors (Lipinski definition) is 4. The van der Waals surface area contributed by atoms with E-state index in [0.717, 1.165) is 49.1 Å². The fraction of sp³-hybridized carbons (Fsp3) is 0.526. The highest BCUT2D eigenvalue weighted by Gasteiger charge is 2.22. The third-order valence-corrected chi connectivity index (χ3v) is 5.26. The predicted molar refractivity (Wildman–Crippen MR) is 128 cm³/mol. The molecule has 160 valence electrons. The molecule has 1 aromatic carbocycles. The van der Waals surface area contributed by atoms with Crippen molar-refractivity contribution in [3.8, 4) is 0 Å². The van der Waals surface area contributed by atoms with Crippen molar-refractivity contribution >= 4 is 53.1 Å². The maximum atomic E-state index is 6.25. The maximum Gasteiger partial charge on any atom is 0.191 e. The van der Waals surface area contributed by atoms with E-state index in [1.165, 1.54) is 0 Å². The van der Waals surface area contributed by atoms with E-state index in [1.54, 1.807) is 7.11 Å². The minimum Gasteiger partial charge on any atom is -0.377 e. The number of rotatable bonds is 7. The Morgan fingerprint density at radius 1 is 1.34 bits per heavy atom. The quantitative estimate of drug-likeness (QED) is 0.312. The molecule has 0 aliphatic carbocycles. The van der Waals surface area contributed by atoms with Gasteiger partial charge in [-0.05, 0) is 37.5 Å². The Labute approximate surface area is 198 Å². The van der Waals surface area contributed by atoms with Gasteiger partial charge < -0.3 is 15.4 Å². The second-order valence-corrected chi connectivity index (χ2v) is 7.46. The smallest absolute Gasteiger partial charge is 0.191 e. The van der Waals surface area contributed by atoms with E-state index < -0.39 is 0 Å². The summed E-state index contributed by atoms with van der Waals surface area (Å²) in [6.07, 6.45) is 2.54. The van der Waals surface area contributed by atoms with Gasteiger partial charge in [0.1, 0.15) is 12.4 Å². The average Bonchev–Trinajstić information content (AvgIpc) is 3.06. The number of aliphatic imine (C=N–C) groups is 1. The molecule has 2 aromatic rings. The van der Waals surface area contributed by atoms with Crippen LogP contribution in [-0.4, -0.2) is 47.0 Å². The molecule has 2 N–H and O–H groups in total. The molecule has 0 spiro atoms. The molecule has 0 saturated heterocycles. The van der Waals surface area contributed by atoms with E-state index in [-0.39, 0.29) is 30.0 Å². The van der Waals surface area contributed by atoms with E-state index in [4.69, 9.17) is 27.9 Å². The van der Waals surface area contributed by atoms with Crippen molar-refractivity contribution in [1.29, 1.82) is 0 Å². The molecular weight excluding hydrogens is 526 g/mol. The van der Waals surface area contributed by atoms with Gasteiger partial charge in [-0.1, -0.05) is 29.3 Å². The fourth-order valence-electron chi connectivity index (χ4n) is 3.23. The summed E-state index contributed by atoms with van der Waals surface area (Å²) >= 11 is 12.5. The third-order valence-electron chi connectivity index (χ3n) is 4.55. The van der Waals surface area contributed by atoms with E-state index >= 15 is 0 Å². The number of nitrogens with one attached hydrogen (secondary N) is 2. The number of aromatic nitrogens is 3. The number of aryl methyl sites for hydroxylation is 1. The Kier molecular flexibility index (Phi) is 9.94. The highest BCUT2D eigenvalue weighted by molar-refractivity contribution is 14.0. The second-order valence-electron chi connectivity index (χ2n) is 6.65. The van der Waals surface area contributed by atoms with Crippen molar-refractivity contribution in [2.45, 2.75) is 45.4 Å². The molecule has 1 atom stereocenters. The first kappa shape index (κ1) is 24.2. The van der Waals surface area contributed by atoms with E-state index in [0.29, 0.717) is 29.6 Å². The molecule has 10 heteroatoms. The Morgan fingerprint density at radius 2 is 2.10 bits per heavy atom. The van der Waals surface area contributed by atoms with Gasteiger partial charge in [-0.2, -0.15) is 5.10 Å². The number of methoxy groups -OCH3 is 1. The van der Waals surface area contributed by atoms with Gasteiger partial charge in [0, 0.05) is 42.7 Å². The first-order chi connectivity index (χ1) is 13.6. The molecule has 1 aliphatic rings. The average molecular weight is 553 g/mol. The summed E-state index contributed by atoms with van der Waals surface area (Å²) in [6, 6.07) is 5.80. The van der Waals surface area contributed by atoms with Crippen LogP contribution in [0.25, 0.3) is 0 Å². The van der Waals surface area contributed by atoms with E-state index in [9.17, 15) is 0 Å². The molecule has 2 heterocycles. The van der Waals surface area contributed by atoms with E-state index in [1.807, 2.05) is 22.9 Å². The van der Waals surface area contributed by atoms with Crippen molar-refractivity contribution in [3.63, 3.8) is 0 Å². The van der Waals surface area contributed by atoms with Crippen LogP contribution in [0.4, 0.5) is 0 Å². The van der Waals surface area contributed by atoms with Crippen molar-refractivity contribution in [1.82, 2.24) is 25.4 Å². The largest absolute Gasteiger partial charge is 0.377 e. The molecular formula is C19H27Cl2IN6O. The Morgan fingerprint density at radius 3 is 2.79 bits per heavy atom. The predicted octanol–water partition coefficient (Wildman–Crippen LogP) is 3.46. The lowest BCUT2D eigenvalue weighted by atomic mass is 10.1. The summed E-state index contributed by atoms with van der Waals surface area (Å²) in [5.74, 6) is 2.53. The van der Waals surface area contributed by atoms with Crippen LogP contribution in [0.1, 0.15) is 30.6 Å². The van der Waals surface area contributed by atoms with Crippen LogP contribution in [-0.2, 0) is 30.7 Å². The van der Waals surface area contributed by atoms with Crippen LogP contribution in [0.15, 0.2) is 23.2 Å². The van der Waals surface area contributed by atoms with Gasteiger partial charge in [0.15, 0.2) is 11.8 Å². The molecule has 0 fully saturated rings. The fourth-order valence-corrected chi connectivity index (χ4v) is 3.82. The zero-order valence-corrected chi connectivity index (χ0v) is 20.5. The monoisotopic (exact) mass is 552 g/mol. The standard InChI is InChI=1S/C19H26Cl2N6O.HI/c1-3-22-19(23-10-9-14-15(20)5-4-6-16(14)21)24-13-7-8-18-25-17(12-28-2)26-27(18)11-13;/h4-6,13H,3,7-12H2,1-2H3,(H2,22,23,24);1H. The Balaban J connectivity index is 0.00000300. The van der Waals surface area contributed by atoms with Crippen LogP contribution in [0.3, 0.4) is 0 Å². The van der Waals surface area contributed by atoms with Crippen molar-refractivity contribution < 1.29 is 4.74 Å². The maximum absolute atomic E-state index is 6.25. The molecule has 0 amide bonds. The molecule has 1 unspecified atom stereocenters. The molecule has 7 nitrogen and oxygen atoms in total. The number of benzene rings is 1. The minimum atomic E-state index is 0. The third kappa shape index (κ3) is 6.70. The van der Waals surface area contributed by atoms with Crippen molar-refractivity contribution in [2.24, 2.45) is 4.99 Å². The van der Waals surface area contributed by atoms with Gasteiger partial charge in [-0.25, -0.2) is 9.67 Å². The summed E-state index contributed by atoms with van der Waals surface area (Å²) in [4.78, 5) is 9.21. The first-order valence-corrected chi connectivity index (χ1v) is 10.3. The lowest BCUT2D eigenvalue weighted by Gasteiger charge is -2.25. The number of halogens is 3. The lowest BCUT2D eigenvalue weighted by Crippen LogP contribution is -2.47. The molecule has 3 rings (SSSR count). The van der Waals surface area contributed by atoms with Gasteiger partial charge in [0.25, 0.3) is 0 Å². The van der Waals surface area contributed by atoms with Crippen LogP contribution >= 0.6 is 47.2 Å². The summed E-state index contributed by atoms with van der Waals surface area (Å²) in [5.41, 5.74) is 0.932. The zero-order valence-electron chi connectivity index (χ0n) is 16.6. The van der Waals surface area contributed by atoms with Crippen molar-refractivity contribution in [2.75, 3.05) is 20.2 Å². The van der Waals surface area contributed by atoms with Gasteiger partial charge in [-0.3, -0.25) is 4.99 Å². The molecule has 0 bridgehead atoms. The van der Waals surface area contributed by atoms with Crippen LogP contribution < -0.4 is 10.6 Å². The van der Waals surface area contributed by atoms with Crippen molar-refractivity contribution in [3.05, 3.63) is 45.5 Å². The highest BCUT2D eigenvalue weighted by Crippen LogP contribution is 2.24. The Bertz CT molecular complexity index is 809. The molecule has 1 aliphatic heterocycles. The SMILES string of the molecule is CCNC(=NCCc1c(Cl)cccc1Cl)NC1CCc2nc(COC)nn2C1.I. The number of fused-ring (bicyclic) bond motifs is 1. The first-order valence-electron chi connectivity index (χ1n) is 9.50. The number of nitrogens with zero attached hydrogens (tertiary/aromatic N) is 4. The lowest BCUT2D eigenvalue weighted by molar-refractivity contribution is 0.177. The molecule has 1 aromatic heterocycles.